The van der Waals surface area contributed by atoms with Crippen LogP contribution in [0.1, 0.15) is 39.5 Å². The van der Waals surface area contributed by atoms with Gasteiger partial charge in [-0.15, -0.1) is 0 Å². The monoisotopic (exact) mass is 188 g/mol. The minimum atomic E-state index is -0.580. The van der Waals surface area contributed by atoms with Crippen LogP contribution in [0, 0.1) is 5.92 Å². The summed E-state index contributed by atoms with van der Waals surface area (Å²) in [6, 6.07) is 0. The second-order valence-corrected chi connectivity index (χ2v) is 3.55. The topological polar surface area (TPSA) is 35.5 Å². The molecule has 0 aromatic carbocycles. The normalized spacial score (nSPS) is 10.2. The second kappa shape index (κ2) is 7.90. The number of hydrogen-bond acceptors (Lipinski definition) is 3. The Hall–Kier alpha value is -0.730. The first kappa shape index (κ1) is 12.3. The molecule has 0 saturated carbocycles. The van der Waals surface area contributed by atoms with Gasteiger partial charge in [-0.1, -0.05) is 33.1 Å². The van der Waals surface area contributed by atoms with E-state index in [0.29, 0.717) is 6.61 Å². The summed E-state index contributed by atoms with van der Waals surface area (Å²) in [7, 11) is 1.32. The quantitative estimate of drug-likeness (QED) is 0.475. The third-order valence-electron chi connectivity index (χ3n) is 1.81. The fraction of sp³-hybridized carbons (Fsp3) is 0.900. The predicted octanol–water partition coefficient (Wildman–Crippen LogP) is 2.99. The molecule has 0 atom stereocenters. The second-order valence-electron chi connectivity index (χ2n) is 3.55. The van der Waals surface area contributed by atoms with Gasteiger partial charge in [-0.3, -0.25) is 0 Å². The Morgan fingerprint density at radius 1 is 1.23 bits per heavy atom. The highest BCUT2D eigenvalue weighted by Gasteiger charge is 1.99. The van der Waals surface area contributed by atoms with Crippen molar-refractivity contribution in [2.75, 3.05) is 13.7 Å². The molecule has 0 aromatic heterocycles. The van der Waals surface area contributed by atoms with E-state index in [1.807, 2.05) is 0 Å². The summed E-state index contributed by atoms with van der Waals surface area (Å²) in [4.78, 5) is 10.5. The Labute approximate surface area is 80.4 Å². The fourth-order valence-electron chi connectivity index (χ4n) is 1.05. The van der Waals surface area contributed by atoms with E-state index in [1.54, 1.807) is 0 Å². The van der Waals surface area contributed by atoms with Crippen molar-refractivity contribution in [2.45, 2.75) is 39.5 Å². The van der Waals surface area contributed by atoms with E-state index >= 15 is 0 Å². The van der Waals surface area contributed by atoms with Crippen LogP contribution in [-0.2, 0) is 9.47 Å². The molecule has 78 valence electrons. The maximum absolute atomic E-state index is 10.5. The average Bonchev–Trinajstić information content (AvgIpc) is 2.10. The highest BCUT2D eigenvalue weighted by Crippen LogP contribution is 2.07. The molecular formula is C10H20O3. The number of unbranched alkanes of at least 4 members (excludes halogenated alkanes) is 2. The summed E-state index contributed by atoms with van der Waals surface area (Å²) >= 11 is 0. The van der Waals surface area contributed by atoms with Gasteiger partial charge in [0, 0.05) is 0 Å². The van der Waals surface area contributed by atoms with Gasteiger partial charge in [0.2, 0.25) is 0 Å². The Balaban J connectivity index is 3.04. The van der Waals surface area contributed by atoms with Crippen LogP contribution in [0.2, 0.25) is 0 Å². The van der Waals surface area contributed by atoms with Crippen molar-refractivity contribution in [3.8, 4) is 0 Å². The lowest BCUT2D eigenvalue weighted by Gasteiger charge is -2.04. The number of carbonyl (C=O) groups excluding carboxylic acids is 1. The highest BCUT2D eigenvalue weighted by atomic mass is 16.7. The predicted molar refractivity (Wildman–Crippen MR) is 51.7 cm³/mol. The van der Waals surface area contributed by atoms with Crippen LogP contribution in [0.5, 0.6) is 0 Å². The first-order valence-corrected chi connectivity index (χ1v) is 4.87. The zero-order chi connectivity index (χ0) is 10.1. The zero-order valence-electron chi connectivity index (χ0n) is 8.84. The maximum Gasteiger partial charge on any atom is 0.507 e. The van der Waals surface area contributed by atoms with E-state index in [1.165, 1.54) is 20.0 Å². The zero-order valence-corrected chi connectivity index (χ0v) is 8.84. The Bertz CT molecular complexity index is 132. The molecule has 0 N–H and O–H groups in total. The smallest absolute Gasteiger partial charge is 0.438 e. The lowest BCUT2D eigenvalue weighted by molar-refractivity contribution is 0.0712. The molecule has 0 amide bonds. The molecule has 0 spiro atoms. The number of carbonyl (C=O) groups is 1. The van der Waals surface area contributed by atoms with Crippen molar-refractivity contribution in [3.05, 3.63) is 0 Å². The summed E-state index contributed by atoms with van der Waals surface area (Å²) in [5.74, 6) is 0.765. The molecule has 0 saturated heterocycles. The molecule has 3 nitrogen and oxygen atoms in total. The average molecular weight is 188 g/mol. The van der Waals surface area contributed by atoms with Crippen molar-refractivity contribution in [1.82, 2.24) is 0 Å². The third-order valence-corrected chi connectivity index (χ3v) is 1.81. The molecule has 3 heteroatoms. The van der Waals surface area contributed by atoms with Gasteiger partial charge in [0.05, 0.1) is 13.7 Å². The molecule has 0 unspecified atom stereocenters. The van der Waals surface area contributed by atoms with Gasteiger partial charge in [-0.2, -0.15) is 0 Å². The van der Waals surface area contributed by atoms with Gasteiger partial charge in [-0.05, 0) is 12.3 Å². The van der Waals surface area contributed by atoms with Gasteiger partial charge in [-0.25, -0.2) is 4.79 Å². The Morgan fingerprint density at radius 2 is 1.92 bits per heavy atom. The molecular weight excluding hydrogens is 168 g/mol. The van der Waals surface area contributed by atoms with E-state index in [2.05, 4.69) is 18.6 Å². The molecule has 0 fully saturated rings. The fourth-order valence-corrected chi connectivity index (χ4v) is 1.05. The van der Waals surface area contributed by atoms with E-state index in [9.17, 15) is 4.79 Å². The van der Waals surface area contributed by atoms with Gasteiger partial charge in [0.15, 0.2) is 0 Å². The SMILES string of the molecule is COC(=O)OCCCCCC(C)C. The molecule has 13 heavy (non-hydrogen) atoms. The molecule has 0 aliphatic carbocycles. The van der Waals surface area contributed by atoms with Crippen molar-refractivity contribution >= 4 is 6.16 Å². The third kappa shape index (κ3) is 9.18. The molecule has 0 rings (SSSR count). The van der Waals surface area contributed by atoms with Gasteiger partial charge in [0.25, 0.3) is 0 Å². The lowest BCUT2D eigenvalue weighted by Crippen LogP contribution is -2.05. The van der Waals surface area contributed by atoms with E-state index in [-0.39, 0.29) is 0 Å². The van der Waals surface area contributed by atoms with Crippen LogP contribution in [0.3, 0.4) is 0 Å². The van der Waals surface area contributed by atoms with Crippen molar-refractivity contribution < 1.29 is 14.3 Å². The van der Waals surface area contributed by atoms with E-state index in [4.69, 9.17) is 4.74 Å². The van der Waals surface area contributed by atoms with Crippen LogP contribution in [0.15, 0.2) is 0 Å². The summed E-state index contributed by atoms with van der Waals surface area (Å²) in [5.41, 5.74) is 0. The molecule has 0 bridgehead atoms. The number of rotatable bonds is 6. The van der Waals surface area contributed by atoms with Gasteiger partial charge >= 0.3 is 6.16 Å². The number of hydrogen-bond donors (Lipinski definition) is 0. The minimum Gasteiger partial charge on any atom is -0.438 e. The van der Waals surface area contributed by atoms with E-state index < -0.39 is 6.16 Å². The van der Waals surface area contributed by atoms with Crippen molar-refractivity contribution in [1.29, 1.82) is 0 Å². The summed E-state index contributed by atoms with van der Waals surface area (Å²) in [6.45, 7) is 4.90. The van der Waals surface area contributed by atoms with Crippen molar-refractivity contribution in [2.24, 2.45) is 5.92 Å². The first-order valence-electron chi connectivity index (χ1n) is 4.87. The molecule has 0 aliphatic heterocycles. The standard InChI is InChI=1S/C10H20O3/c1-9(2)7-5-4-6-8-13-10(11)12-3/h9H,4-8H2,1-3H3. The van der Waals surface area contributed by atoms with Crippen LogP contribution >= 0.6 is 0 Å². The van der Waals surface area contributed by atoms with Gasteiger partial charge in [0.1, 0.15) is 0 Å². The molecule has 0 aliphatic rings. The van der Waals surface area contributed by atoms with Crippen molar-refractivity contribution in [3.63, 3.8) is 0 Å². The van der Waals surface area contributed by atoms with Crippen LogP contribution < -0.4 is 0 Å². The van der Waals surface area contributed by atoms with Crippen LogP contribution in [0.4, 0.5) is 4.79 Å². The highest BCUT2D eigenvalue weighted by molar-refractivity contribution is 5.59. The Kier molecular flexibility index (Phi) is 7.45. The largest absolute Gasteiger partial charge is 0.507 e. The number of ether oxygens (including phenoxy) is 2. The lowest BCUT2D eigenvalue weighted by atomic mass is 10.1. The minimum absolute atomic E-state index is 0.477. The van der Waals surface area contributed by atoms with E-state index in [0.717, 1.165) is 18.8 Å². The van der Waals surface area contributed by atoms with Gasteiger partial charge < -0.3 is 9.47 Å². The molecule has 0 heterocycles. The summed E-state index contributed by atoms with van der Waals surface area (Å²) < 4.78 is 9.07. The van der Waals surface area contributed by atoms with Crippen LogP contribution in [-0.4, -0.2) is 19.9 Å². The summed E-state index contributed by atoms with van der Waals surface area (Å²) in [6.07, 6.45) is 3.93. The van der Waals surface area contributed by atoms with Crippen LogP contribution in [0.25, 0.3) is 0 Å². The first-order chi connectivity index (χ1) is 6.16. The Morgan fingerprint density at radius 3 is 2.46 bits per heavy atom. The molecule has 0 aromatic rings. The maximum atomic E-state index is 10.5. The number of methoxy groups -OCH3 is 1. The summed E-state index contributed by atoms with van der Waals surface area (Å²) in [5, 5.41) is 0. The molecule has 0 radical (unpaired) electrons.